The number of rotatable bonds is 3. The molecule has 0 radical (unpaired) electrons. The van der Waals surface area contributed by atoms with Crippen LogP contribution in [0.4, 0.5) is 0 Å². The zero-order valence-electron chi connectivity index (χ0n) is 7.64. The van der Waals surface area contributed by atoms with Gasteiger partial charge in [-0.15, -0.1) is 0 Å². The minimum absolute atomic E-state index is 0.278. The molecule has 14 heavy (non-hydrogen) atoms. The molecule has 0 aromatic heterocycles. The first kappa shape index (κ1) is 11.3. The average molecular weight is 280 g/mol. The van der Waals surface area contributed by atoms with Crippen molar-refractivity contribution in [2.24, 2.45) is 0 Å². The van der Waals surface area contributed by atoms with Crippen LogP contribution in [0.5, 0.6) is 11.5 Å². The highest BCUT2D eigenvalue weighted by Gasteiger charge is 2.15. The van der Waals surface area contributed by atoms with Gasteiger partial charge in [-0.1, -0.05) is 0 Å². The molecule has 0 aliphatic heterocycles. The fourth-order valence-electron chi connectivity index (χ4n) is 1.04. The fraction of sp³-hybridized carbons (Fsp3) is 0.222. The number of halogens is 2. The summed E-state index contributed by atoms with van der Waals surface area (Å²) < 4.78 is 10.6. The number of hydrogen-bond donors (Lipinski definition) is 0. The predicted molar refractivity (Wildman–Crippen MR) is 57.4 cm³/mol. The molecule has 0 fully saturated rings. The molecule has 1 rings (SSSR count). The maximum atomic E-state index is 11.1. The van der Waals surface area contributed by atoms with Gasteiger partial charge in [0.2, 0.25) is 0 Å². The average Bonchev–Trinajstić information content (AvgIpc) is 2.16. The first-order valence-corrected chi connectivity index (χ1v) is 4.88. The second-order valence-electron chi connectivity index (χ2n) is 2.46. The van der Waals surface area contributed by atoms with Gasteiger partial charge >= 0.3 is 0 Å². The monoisotopic (exact) mass is 278 g/mol. The summed E-state index contributed by atoms with van der Waals surface area (Å²) in [5, 5.41) is -0.582. The number of hydrogen-bond acceptors (Lipinski definition) is 3. The van der Waals surface area contributed by atoms with Gasteiger partial charge in [-0.25, -0.2) is 0 Å². The zero-order valence-corrected chi connectivity index (χ0v) is 9.98. The van der Waals surface area contributed by atoms with Crippen molar-refractivity contribution in [3.8, 4) is 11.5 Å². The van der Waals surface area contributed by atoms with Crippen LogP contribution < -0.4 is 9.47 Å². The molecule has 5 heteroatoms. The van der Waals surface area contributed by atoms with Gasteiger partial charge < -0.3 is 9.47 Å². The molecule has 3 nitrogen and oxygen atoms in total. The Morgan fingerprint density at radius 3 is 2.43 bits per heavy atom. The summed E-state index contributed by atoms with van der Waals surface area (Å²) >= 11 is 8.64. The lowest BCUT2D eigenvalue weighted by Crippen LogP contribution is -1.97. The summed E-state index contributed by atoms with van der Waals surface area (Å²) in [4.78, 5) is 11.1. The second kappa shape index (κ2) is 4.66. The predicted octanol–water partition coefficient (Wildman–Crippen LogP) is 2.85. The Hall–Kier alpha value is -0.740. The molecule has 0 amide bonds. The van der Waals surface area contributed by atoms with E-state index in [0.717, 1.165) is 0 Å². The Morgan fingerprint density at radius 2 is 2.00 bits per heavy atom. The first-order chi connectivity index (χ1) is 6.60. The number of carbonyl (C=O) groups is 1. The van der Waals surface area contributed by atoms with Crippen molar-refractivity contribution in [1.82, 2.24) is 0 Å². The van der Waals surface area contributed by atoms with Crippen LogP contribution in [0.3, 0.4) is 0 Å². The standard InChI is InChI=1S/C9H8BrClO3/c1-13-5-3-6(9(11)12)8(14-2)7(10)4-5/h3-4H,1-2H3. The Morgan fingerprint density at radius 1 is 1.36 bits per heavy atom. The van der Waals surface area contributed by atoms with E-state index >= 15 is 0 Å². The molecule has 1 aromatic rings. The van der Waals surface area contributed by atoms with Crippen molar-refractivity contribution in [2.45, 2.75) is 0 Å². The second-order valence-corrected chi connectivity index (χ2v) is 3.66. The van der Waals surface area contributed by atoms with Crippen LogP contribution in [0.1, 0.15) is 10.4 Å². The lowest BCUT2D eigenvalue weighted by atomic mass is 10.2. The molecule has 0 aliphatic carbocycles. The van der Waals surface area contributed by atoms with Gasteiger partial charge in [0.15, 0.2) is 0 Å². The molecule has 0 unspecified atom stereocenters. The largest absolute Gasteiger partial charge is 0.497 e. The Bertz CT molecular complexity index is 365. The number of carbonyl (C=O) groups excluding carboxylic acids is 1. The molecule has 1 aromatic carbocycles. The molecule has 76 valence electrons. The normalized spacial score (nSPS) is 9.71. The van der Waals surface area contributed by atoms with Gasteiger partial charge in [0.05, 0.1) is 24.3 Å². The van der Waals surface area contributed by atoms with E-state index in [0.29, 0.717) is 16.0 Å². The summed E-state index contributed by atoms with van der Waals surface area (Å²) in [6.45, 7) is 0. The van der Waals surface area contributed by atoms with E-state index < -0.39 is 5.24 Å². The van der Waals surface area contributed by atoms with Gasteiger partial charge in [-0.2, -0.15) is 0 Å². The molecular weight excluding hydrogens is 271 g/mol. The molecule has 0 spiro atoms. The quantitative estimate of drug-likeness (QED) is 0.798. The third-order valence-corrected chi connectivity index (χ3v) is 2.46. The molecule has 0 heterocycles. The third-order valence-electron chi connectivity index (χ3n) is 1.67. The Balaban J connectivity index is 3.35. The number of ether oxygens (including phenoxy) is 2. The zero-order chi connectivity index (χ0) is 10.7. The smallest absolute Gasteiger partial charge is 0.256 e. The van der Waals surface area contributed by atoms with Crippen LogP contribution in [-0.4, -0.2) is 19.5 Å². The van der Waals surface area contributed by atoms with Crippen molar-refractivity contribution >= 4 is 32.8 Å². The van der Waals surface area contributed by atoms with Crippen molar-refractivity contribution in [3.05, 3.63) is 22.2 Å². The van der Waals surface area contributed by atoms with E-state index in [1.54, 1.807) is 6.07 Å². The van der Waals surface area contributed by atoms with E-state index in [1.165, 1.54) is 20.3 Å². The van der Waals surface area contributed by atoms with Gasteiger partial charge in [0.1, 0.15) is 11.5 Å². The van der Waals surface area contributed by atoms with Crippen molar-refractivity contribution in [2.75, 3.05) is 14.2 Å². The Labute approximate surface area is 95.1 Å². The van der Waals surface area contributed by atoms with Crippen molar-refractivity contribution in [1.29, 1.82) is 0 Å². The molecule has 0 bridgehead atoms. The highest BCUT2D eigenvalue weighted by molar-refractivity contribution is 9.10. The summed E-state index contributed by atoms with van der Waals surface area (Å²) in [5.74, 6) is 0.951. The van der Waals surface area contributed by atoms with Crippen molar-refractivity contribution < 1.29 is 14.3 Å². The molecule has 0 saturated carbocycles. The molecule has 0 N–H and O–H groups in total. The summed E-state index contributed by atoms with van der Waals surface area (Å²) in [5.41, 5.74) is 0.278. The van der Waals surface area contributed by atoms with Gasteiger partial charge in [-0.3, -0.25) is 4.79 Å². The summed E-state index contributed by atoms with van der Waals surface area (Å²) in [7, 11) is 2.98. The van der Waals surface area contributed by atoms with Crippen molar-refractivity contribution in [3.63, 3.8) is 0 Å². The van der Waals surface area contributed by atoms with E-state index in [-0.39, 0.29) is 5.56 Å². The topological polar surface area (TPSA) is 35.5 Å². The van der Waals surface area contributed by atoms with Gasteiger partial charge in [0, 0.05) is 0 Å². The van der Waals surface area contributed by atoms with Crippen LogP contribution in [-0.2, 0) is 0 Å². The maximum absolute atomic E-state index is 11.1. The molecule has 0 aliphatic rings. The van der Waals surface area contributed by atoms with Crippen LogP contribution in [0.25, 0.3) is 0 Å². The lowest BCUT2D eigenvalue weighted by Gasteiger charge is -2.09. The van der Waals surface area contributed by atoms with Crippen LogP contribution >= 0.6 is 27.5 Å². The minimum Gasteiger partial charge on any atom is -0.497 e. The molecule has 0 atom stereocenters. The maximum Gasteiger partial charge on any atom is 0.256 e. The highest BCUT2D eigenvalue weighted by Crippen LogP contribution is 2.34. The number of methoxy groups -OCH3 is 2. The van der Waals surface area contributed by atoms with E-state index in [2.05, 4.69) is 15.9 Å². The number of benzene rings is 1. The summed E-state index contributed by atoms with van der Waals surface area (Å²) in [6, 6.07) is 3.22. The summed E-state index contributed by atoms with van der Waals surface area (Å²) in [6.07, 6.45) is 0. The van der Waals surface area contributed by atoms with E-state index in [1.807, 2.05) is 0 Å². The van der Waals surface area contributed by atoms with Gasteiger partial charge in [0.25, 0.3) is 5.24 Å². The van der Waals surface area contributed by atoms with Gasteiger partial charge in [-0.05, 0) is 39.7 Å². The minimum atomic E-state index is -0.582. The fourth-order valence-corrected chi connectivity index (χ4v) is 1.78. The molecule has 0 saturated heterocycles. The first-order valence-electron chi connectivity index (χ1n) is 3.71. The third kappa shape index (κ3) is 2.19. The van der Waals surface area contributed by atoms with Crippen LogP contribution in [0.2, 0.25) is 0 Å². The van der Waals surface area contributed by atoms with Crippen LogP contribution in [0.15, 0.2) is 16.6 Å². The van der Waals surface area contributed by atoms with E-state index in [9.17, 15) is 4.79 Å². The lowest BCUT2D eigenvalue weighted by molar-refractivity contribution is 0.107. The molecular formula is C9H8BrClO3. The SMILES string of the molecule is COc1cc(Br)c(OC)c(C(=O)Cl)c1. The highest BCUT2D eigenvalue weighted by atomic mass is 79.9. The Kier molecular flexibility index (Phi) is 3.77. The van der Waals surface area contributed by atoms with E-state index in [4.69, 9.17) is 21.1 Å². The van der Waals surface area contributed by atoms with Crippen LogP contribution in [0, 0.1) is 0 Å².